The number of hydrogen-bond acceptors (Lipinski definition) is 4. The Kier molecular flexibility index (Phi) is 9.01. The number of hydrogen-bond donors (Lipinski definition) is 2. The van der Waals surface area contributed by atoms with Gasteiger partial charge in [0.05, 0.1) is 4.90 Å². The molecule has 2 rings (SSSR count). The van der Waals surface area contributed by atoms with Gasteiger partial charge < -0.3 is 5.32 Å². The summed E-state index contributed by atoms with van der Waals surface area (Å²) in [7, 11) is -4.00. The van der Waals surface area contributed by atoms with E-state index >= 15 is 0 Å². The summed E-state index contributed by atoms with van der Waals surface area (Å²) in [4.78, 5) is 1.28. The highest BCUT2D eigenvalue weighted by atomic mass is 35.5. The van der Waals surface area contributed by atoms with Crippen LogP contribution in [0.15, 0.2) is 23.1 Å². The van der Waals surface area contributed by atoms with Crippen LogP contribution in [0, 0.1) is 0 Å². The van der Waals surface area contributed by atoms with E-state index in [4.69, 9.17) is 0 Å². The van der Waals surface area contributed by atoms with Gasteiger partial charge in [0.25, 0.3) is 0 Å². The van der Waals surface area contributed by atoms with E-state index in [9.17, 15) is 21.6 Å². The van der Waals surface area contributed by atoms with Crippen LogP contribution in [0.5, 0.6) is 0 Å². The van der Waals surface area contributed by atoms with Crippen LogP contribution in [0.1, 0.15) is 25.0 Å². The topological polar surface area (TPSA) is 61.4 Å². The normalized spacial score (nSPS) is 17.4. The predicted molar refractivity (Wildman–Crippen MR) is 102 cm³/mol. The fraction of sp³-hybridized carbons (Fsp3) is 0.647. The van der Waals surface area contributed by atoms with E-state index in [0.29, 0.717) is 19.5 Å². The average Bonchev–Trinajstić information content (AvgIpc) is 2.60. The van der Waals surface area contributed by atoms with Gasteiger partial charge in [0.1, 0.15) is 6.04 Å². The minimum Gasteiger partial charge on any atom is -0.314 e. The van der Waals surface area contributed by atoms with Crippen LogP contribution in [-0.4, -0.2) is 58.3 Å². The van der Waals surface area contributed by atoms with Crippen LogP contribution >= 0.6 is 12.4 Å². The number of benzene rings is 1. The van der Waals surface area contributed by atoms with E-state index in [0.717, 1.165) is 17.5 Å². The molecule has 0 saturated carbocycles. The molecule has 156 valence electrons. The zero-order valence-electron chi connectivity index (χ0n) is 15.5. The summed E-state index contributed by atoms with van der Waals surface area (Å²) in [6, 6.07) is 2.90. The van der Waals surface area contributed by atoms with Crippen molar-refractivity contribution in [2.24, 2.45) is 0 Å². The highest BCUT2D eigenvalue weighted by Crippen LogP contribution is 2.25. The Morgan fingerprint density at radius 2 is 1.74 bits per heavy atom. The highest BCUT2D eigenvalue weighted by molar-refractivity contribution is 7.89. The number of piperazine rings is 1. The van der Waals surface area contributed by atoms with E-state index in [-0.39, 0.29) is 30.4 Å². The van der Waals surface area contributed by atoms with E-state index in [1.807, 2.05) is 13.8 Å². The van der Waals surface area contributed by atoms with Crippen molar-refractivity contribution in [1.82, 2.24) is 14.9 Å². The van der Waals surface area contributed by atoms with Gasteiger partial charge in [-0.15, -0.1) is 12.4 Å². The molecule has 10 heteroatoms. The first-order chi connectivity index (χ1) is 12.2. The largest absolute Gasteiger partial charge is 0.405 e. The molecule has 1 atom stereocenters. The maximum atomic E-state index is 13.4. The second-order valence-corrected chi connectivity index (χ2v) is 8.10. The minimum absolute atomic E-state index is 0. The van der Waals surface area contributed by atoms with E-state index in [1.54, 1.807) is 12.1 Å². The van der Waals surface area contributed by atoms with Crippen molar-refractivity contribution in [2.45, 2.75) is 43.8 Å². The van der Waals surface area contributed by atoms with Gasteiger partial charge in [0, 0.05) is 32.7 Å². The number of sulfonamides is 1. The van der Waals surface area contributed by atoms with Gasteiger partial charge in [-0.1, -0.05) is 19.9 Å². The zero-order chi connectivity index (χ0) is 19.4. The number of rotatable bonds is 7. The van der Waals surface area contributed by atoms with Crippen molar-refractivity contribution >= 4 is 22.4 Å². The molecule has 2 N–H and O–H groups in total. The van der Waals surface area contributed by atoms with Gasteiger partial charge in [-0.2, -0.15) is 13.2 Å². The molecule has 0 radical (unpaired) electrons. The number of halogens is 4. The van der Waals surface area contributed by atoms with Gasteiger partial charge in [0.2, 0.25) is 10.0 Å². The summed E-state index contributed by atoms with van der Waals surface area (Å²) < 4.78 is 67.4. The molecule has 1 aliphatic rings. The quantitative estimate of drug-likeness (QED) is 0.698. The monoisotopic (exact) mass is 429 g/mol. The Bertz CT molecular complexity index is 708. The average molecular weight is 430 g/mol. The Hall–Kier alpha value is -0.870. The van der Waals surface area contributed by atoms with Crippen LogP contribution in [0.25, 0.3) is 0 Å². The van der Waals surface area contributed by atoms with Gasteiger partial charge >= 0.3 is 6.18 Å². The SMILES string of the molecule is CCc1ccc(S(=O)(=O)NCC(N2CCNCC2)C(F)(F)F)cc1CC.Cl. The molecule has 1 unspecified atom stereocenters. The highest BCUT2D eigenvalue weighted by Gasteiger charge is 2.44. The van der Waals surface area contributed by atoms with E-state index in [1.165, 1.54) is 11.0 Å². The van der Waals surface area contributed by atoms with Gasteiger partial charge in [-0.25, -0.2) is 13.1 Å². The molecule has 1 aromatic carbocycles. The maximum Gasteiger partial charge on any atom is 0.405 e. The lowest BCUT2D eigenvalue weighted by atomic mass is 10.0. The van der Waals surface area contributed by atoms with Crippen molar-refractivity contribution < 1.29 is 21.6 Å². The molecule has 1 fully saturated rings. The Labute approximate surface area is 165 Å². The Morgan fingerprint density at radius 1 is 1.15 bits per heavy atom. The van der Waals surface area contributed by atoms with Crippen molar-refractivity contribution in [3.8, 4) is 0 Å². The molecule has 27 heavy (non-hydrogen) atoms. The summed E-state index contributed by atoms with van der Waals surface area (Å²) >= 11 is 0. The molecular weight excluding hydrogens is 403 g/mol. The molecular formula is C17H27ClF3N3O2S. The van der Waals surface area contributed by atoms with E-state index < -0.39 is 28.8 Å². The van der Waals surface area contributed by atoms with Crippen molar-refractivity contribution in [2.75, 3.05) is 32.7 Å². The summed E-state index contributed by atoms with van der Waals surface area (Å²) in [6.45, 7) is 4.58. The Morgan fingerprint density at radius 3 is 2.26 bits per heavy atom. The lowest BCUT2D eigenvalue weighted by Gasteiger charge is -2.35. The standard InChI is InChI=1S/C17H26F3N3O2S.ClH/c1-3-13-5-6-15(11-14(13)4-2)26(24,25)22-12-16(17(18,19)20)23-9-7-21-8-10-23;/h5-6,11,16,21-22H,3-4,7-10,12H2,1-2H3;1H. The van der Waals surface area contributed by atoms with Gasteiger partial charge in [0.15, 0.2) is 0 Å². The number of nitrogens with zero attached hydrogens (tertiary/aromatic N) is 1. The fourth-order valence-corrected chi connectivity index (χ4v) is 4.25. The van der Waals surface area contributed by atoms with Crippen molar-refractivity contribution in [3.05, 3.63) is 29.3 Å². The third kappa shape index (κ3) is 6.32. The van der Waals surface area contributed by atoms with Crippen LogP contribution in [-0.2, 0) is 22.9 Å². The maximum absolute atomic E-state index is 13.4. The molecule has 0 aliphatic carbocycles. The number of nitrogens with one attached hydrogen (secondary N) is 2. The van der Waals surface area contributed by atoms with Crippen LogP contribution in [0.2, 0.25) is 0 Å². The fourth-order valence-electron chi connectivity index (χ4n) is 3.16. The lowest BCUT2D eigenvalue weighted by molar-refractivity contribution is -0.182. The first-order valence-electron chi connectivity index (χ1n) is 8.82. The summed E-state index contributed by atoms with van der Waals surface area (Å²) in [6.07, 6.45) is -3.06. The summed E-state index contributed by atoms with van der Waals surface area (Å²) in [5.74, 6) is 0. The second-order valence-electron chi connectivity index (χ2n) is 6.33. The second kappa shape index (κ2) is 10.1. The molecule has 0 spiro atoms. The Balaban J connectivity index is 0.00000364. The van der Waals surface area contributed by atoms with Gasteiger partial charge in [-0.05, 0) is 36.1 Å². The van der Waals surface area contributed by atoms with Crippen LogP contribution in [0.4, 0.5) is 13.2 Å². The first-order valence-corrected chi connectivity index (χ1v) is 10.3. The van der Waals surface area contributed by atoms with Gasteiger partial charge in [-0.3, -0.25) is 4.90 Å². The van der Waals surface area contributed by atoms with Crippen molar-refractivity contribution in [3.63, 3.8) is 0 Å². The summed E-state index contributed by atoms with van der Waals surface area (Å²) in [5, 5.41) is 2.99. The van der Waals surface area contributed by atoms with Crippen LogP contribution < -0.4 is 10.0 Å². The summed E-state index contributed by atoms with van der Waals surface area (Å²) in [5.41, 5.74) is 1.94. The molecule has 1 saturated heterocycles. The minimum atomic E-state index is -4.50. The third-order valence-electron chi connectivity index (χ3n) is 4.69. The molecule has 0 amide bonds. The molecule has 1 aliphatic heterocycles. The molecule has 5 nitrogen and oxygen atoms in total. The smallest absolute Gasteiger partial charge is 0.314 e. The molecule has 1 aromatic rings. The molecule has 0 bridgehead atoms. The number of alkyl halides is 3. The van der Waals surface area contributed by atoms with Crippen molar-refractivity contribution in [1.29, 1.82) is 0 Å². The predicted octanol–water partition coefficient (Wildman–Crippen LogP) is 2.35. The first kappa shape index (κ1) is 24.2. The van der Waals surface area contributed by atoms with E-state index in [2.05, 4.69) is 10.0 Å². The number of aryl methyl sites for hydroxylation is 2. The van der Waals surface area contributed by atoms with Crippen LogP contribution in [0.3, 0.4) is 0 Å². The molecule has 1 heterocycles. The lowest BCUT2D eigenvalue weighted by Crippen LogP contribution is -2.57. The zero-order valence-corrected chi connectivity index (χ0v) is 17.1. The molecule has 0 aromatic heterocycles. The third-order valence-corrected chi connectivity index (χ3v) is 6.11.